The predicted octanol–water partition coefficient (Wildman–Crippen LogP) is 7.67. The molecule has 0 fully saturated rings. The third-order valence-corrected chi connectivity index (χ3v) is 7.75. The van der Waals surface area contributed by atoms with Crippen molar-refractivity contribution in [2.24, 2.45) is 15.2 Å². The van der Waals surface area contributed by atoms with E-state index in [4.69, 9.17) is 19.6 Å². The molecule has 0 saturated heterocycles. The van der Waals surface area contributed by atoms with Gasteiger partial charge < -0.3 is 14.6 Å². The second kappa shape index (κ2) is 15.9. The monoisotopic (exact) mass is 685 g/mol. The third kappa shape index (κ3) is 8.14. The largest absolute Gasteiger partial charge is 0.494 e. The van der Waals surface area contributed by atoms with E-state index in [9.17, 15) is 29.0 Å². The standard InChI is InChI=1S/C34H30F3N9O4/c35-34(36,37)25-9-5-7-22(19-25)21-40-44-32(48)33(20-24-8-1-3-11-28(24)42-45-38)30(27-10-2-4-12-29(27)43-46-39)50-31(41-33)23-13-15-26(16-14-23)49-18-6-17-47/h1-5,7-16,19,30,40,47H,6,17-18,20-21H2,(H,44,48)/t30-,33-/m0/s1. The number of hydrazine groups is 1. The molecular formula is C34H30F3N9O4. The lowest BCUT2D eigenvalue weighted by Gasteiger charge is -2.31. The highest BCUT2D eigenvalue weighted by Crippen LogP contribution is 2.46. The zero-order valence-corrected chi connectivity index (χ0v) is 26.3. The molecule has 50 heavy (non-hydrogen) atoms. The number of aliphatic imine (C=N–C) groups is 1. The van der Waals surface area contributed by atoms with E-state index in [1.807, 2.05) is 0 Å². The maximum Gasteiger partial charge on any atom is 0.416 e. The fourth-order valence-corrected chi connectivity index (χ4v) is 5.40. The first-order chi connectivity index (χ1) is 24.2. The summed E-state index contributed by atoms with van der Waals surface area (Å²) >= 11 is 0. The van der Waals surface area contributed by atoms with Crippen molar-refractivity contribution in [3.63, 3.8) is 0 Å². The number of alkyl halides is 3. The summed E-state index contributed by atoms with van der Waals surface area (Å²) in [6.07, 6.45) is -5.50. The van der Waals surface area contributed by atoms with E-state index < -0.39 is 29.3 Å². The Kier molecular flexibility index (Phi) is 11.2. The van der Waals surface area contributed by atoms with Gasteiger partial charge in [0, 0.05) is 58.3 Å². The van der Waals surface area contributed by atoms with E-state index in [1.165, 1.54) is 12.1 Å². The van der Waals surface area contributed by atoms with Gasteiger partial charge in [0.2, 0.25) is 5.90 Å². The Morgan fingerprint density at radius 1 is 0.960 bits per heavy atom. The molecule has 1 aliphatic heterocycles. The molecule has 0 aromatic heterocycles. The molecule has 0 radical (unpaired) electrons. The van der Waals surface area contributed by atoms with Crippen LogP contribution in [0.3, 0.4) is 0 Å². The lowest BCUT2D eigenvalue weighted by Crippen LogP contribution is -2.53. The Morgan fingerprint density at radius 2 is 1.66 bits per heavy atom. The molecule has 1 heterocycles. The van der Waals surface area contributed by atoms with Gasteiger partial charge in [-0.15, -0.1) is 0 Å². The summed E-state index contributed by atoms with van der Waals surface area (Å²) in [5.74, 6) is -0.154. The first kappa shape index (κ1) is 35.3. The molecule has 3 N–H and O–H groups in total. The van der Waals surface area contributed by atoms with Crippen LogP contribution in [0.5, 0.6) is 5.75 Å². The van der Waals surface area contributed by atoms with E-state index in [2.05, 4.69) is 30.9 Å². The second-order valence-electron chi connectivity index (χ2n) is 11.0. The van der Waals surface area contributed by atoms with E-state index >= 15 is 0 Å². The number of ether oxygens (including phenoxy) is 2. The smallest absolute Gasteiger partial charge is 0.416 e. The molecule has 4 aromatic carbocycles. The molecule has 5 rings (SSSR count). The Hall–Kier alpha value is -6.05. The number of azide groups is 2. The minimum atomic E-state index is -4.55. The Labute approximate surface area is 283 Å². The van der Waals surface area contributed by atoms with Gasteiger partial charge in [0.05, 0.1) is 12.2 Å². The van der Waals surface area contributed by atoms with E-state index in [-0.39, 0.29) is 42.4 Å². The van der Waals surface area contributed by atoms with Crippen LogP contribution in [-0.4, -0.2) is 35.7 Å². The van der Waals surface area contributed by atoms with Gasteiger partial charge in [-0.25, -0.2) is 10.4 Å². The third-order valence-electron chi connectivity index (χ3n) is 7.75. The molecular weight excluding hydrogens is 655 g/mol. The topological polar surface area (TPSA) is 190 Å². The van der Waals surface area contributed by atoms with E-state index in [1.54, 1.807) is 72.8 Å². The normalized spacial score (nSPS) is 16.7. The number of aliphatic hydroxyl groups is 1. The number of amides is 1. The van der Waals surface area contributed by atoms with Gasteiger partial charge in [-0.2, -0.15) is 13.2 Å². The summed E-state index contributed by atoms with van der Waals surface area (Å²) in [5.41, 5.74) is 23.1. The van der Waals surface area contributed by atoms with Crippen LogP contribution in [-0.2, 0) is 28.7 Å². The average molecular weight is 686 g/mol. The lowest BCUT2D eigenvalue weighted by molar-refractivity contribution is -0.137. The quantitative estimate of drug-likeness (QED) is 0.0403. The van der Waals surface area contributed by atoms with Crippen LogP contribution in [0.15, 0.2) is 112 Å². The van der Waals surface area contributed by atoms with Crippen LogP contribution in [0.2, 0.25) is 0 Å². The fraction of sp³-hybridized carbons (Fsp3) is 0.235. The maximum atomic E-state index is 14.5. The van der Waals surface area contributed by atoms with Crippen molar-refractivity contribution in [1.82, 2.24) is 10.9 Å². The number of hydrogen-bond donors (Lipinski definition) is 3. The number of aliphatic hydroxyl groups excluding tert-OH is 1. The summed E-state index contributed by atoms with van der Waals surface area (Å²) in [5, 5.41) is 16.7. The molecule has 2 atom stereocenters. The van der Waals surface area contributed by atoms with Gasteiger partial charge in [0.25, 0.3) is 5.91 Å². The molecule has 0 unspecified atom stereocenters. The Morgan fingerprint density at radius 3 is 2.38 bits per heavy atom. The predicted molar refractivity (Wildman–Crippen MR) is 177 cm³/mol. The summed E-state index contributed by atoms with van der Waals surface area (Å²) in [7, 11) is 0. The molecule has 0 aliphatic carbocycles. The van der Waals surface area contributed by atoms with Crippen LogP contribution >= 0.6 is 0 Å². The van der Waals surface area contributed by atoms with Gasteiger partial charge in [-0.1, -0.05) is 77.0 Å². The number of nitrogens with zero attached hydrogens (tertiary/aromatic N) is 7. The maximum absolute atomic E-state index is 14.5. The number of carbonyl (C=O) groups is 1. The Balaban J connectivity index is 1.59. The number of benzene rings is 4. The Bertz CT molecular complexity index is 1960. The minimum absolute atomic E-state index is 0.0246. The van der Waals surface area contributed by atoms with Gasteiger partial charge in [0.1, 0.15) is 5.75 Å². The average Bonchev–Trinajstić information content (AvgIpc) is 3.50. The van der Waals surface area contributed by atoms with Crippen LogP contribution in [0.4, 0.5) is 24.5 Å². The fourth-order valence-electron chi connectivity index (χ4n) is 5.40. The van der Waals surface area contributed by atoms with E-state index in [0.717, 1.165) is 12.1 Å². The molecule has 1 amide bonds. The lowest BCUT2D eigenvalue weighted by atomic mass is 9.81. The van der Waals surface area contributed by atoms with Gasteiger partial charge in [-0.05, 0) is 52.5 Å². The number of hydrogen-bond acceptors (Lipinski definition) is 8. The minimum Gasteiger partial charge on any atom is -0.494 e. The van der Waals surface area contributed by atoms with Crippen LogP contribution < -0.4 is 15.6 Å². The highest BCUT2D eigenvalue weighted by atomic mass is 19.4. The molecule has 13 nitrogen and oxygen atoms in total. The molecule has 256 valence electrons. The van der Waals surface area contributed by atoms with Crippen molar-refractivity contribution in [1.29, 1.82) is 0 Å². The molecule has 16 heteroatoms. The molecule has 4 aromatic rings. The number of nitrogens with one attached hydrogen (secondary N) is 2. The van der Waals surface area contributed by atoms with Crippen LogP contribution in [0.25, 0.3) is 20.9 Å². The summed E-state index contributed by atoms with van der Waals surface area (Å²) in [6.45, 7) is 0.104. The highest BCUT2D eigenvalue weighted by molar-refractivity contribution is 6.01. The number of halogens is 3. The van der Waals surface area contributed by atoms with Crippen molar-refractivity contribution < 1.29 is 32.5 Å². The second-order valence-corrected chi connectivity index (χ2v) is 11.0. The summed E-state index contributed by atoms with van der Waals surface area (Å²) in [6, 6.07) is 24.5. The first-order valence-electron chi connectivity index (χ1n) is 15.3. The van der Waals surface area contributed by atoms with Gasteiger partial charge in [-0.3, -0.25) is 10.2 Å². The van der Waals surface area contributed by atoms with Crippen molar-refractivity contribution >= 4 is 23.2 Å². The van der Waals surface area contributed by atoms with Crippen molar-refractivity contribution in [2.45, 2.75) is 37.2 Å². The first-order valence-corrected chi connectivity index (χ1v) is 15.3. The van der Waals surface area contributed by atoms with Crippen LogP contribution in [0, 0.1) is 0 Å². The highest BCUT2D eigenvalue weighted by Gasteiger charge is 2.54. The van der Waals surface area contributed by atoms with E-state index in [0.29, 0.717) is 35.5 Å². The van der Waals surface area contributed by atoms with Crippen molar-refractivity contribution in [3.8, 4) is 5.75 Å². The summed E-state index contributed by atoms with van der Waals surface area (Å²) < 4.78 is 52.1. The molecule has 0 bridgehead atoms. The van der Waals surface area contributed by atoms with Gasteiger partial charge in [0.15, 0.2) is 11.6 Å². The number of carbonyl (C=O) groups excluding carboxylic acids is 1. The zero-order chi connectivity index (χ0) is 35.6. The zero-order valence-electron chi connectivity index (χ0n) is 26.3. The molecule has 1 aliphatic rings. The SMILES string of the molecule is [N-]=[N+]=Nc1ccccc1C[C@]1(C(=O)NNCc2cccc(C(F)(F)F)c2)N=C(c2ccc(OCCCO)cc2)O[C@H]1c1ccccc1N=[N+]=[N-]. The number of rotatable bonds is 14. The van der Waals surface area contributed by atoms with Crippen molar-refractivity contribution in [3.05, 3.63) is 146 Å². The van der Waals surface area contributed by atoms with Gasteiger partial charge >= 0.3 is 6.18 Å². The molecule has 0 saturated carbocycles. The summed E-state index contributed by atoms with van der Waals surface area (Å²) in [4.78, 5) is 25.2. The van der Waals surface area contributed by atoms with Crippen molar-refractivity contribution in [2.75, 3.05) is 13.2 Å². The molecule has 0 spiro atoms. The van der Waals surface area contributed by atoms with Crippen LogP contribution in [0.1, 0.15) is 40.3 Å².